The van der Waals surface area contributed by atoms with Crippen molar-refractivity contribution in [3.8, 4) is 0 Å². The predicted octanol–water partition coefficient (Wildman–Crippen LogP) is 3.48. The Kier molecular flexibility index (Phi) is 5.52. The maximum Gasteiger partial charge on any atom is 0.433 e. The van der Waals surface area contributed by atoms with Crippen LogP contribution in [0.1, 0.15) is 44.0 Å². The second kappa shape index (κ2) is 8.28. The Hall–Kier alpha value is -3.11. The Labute approximate surface area is 196 Å². The zero-order chi connectivity index (χ0) is 24.2. The van der Waals surface area contributed by atoms with Gasteiger partial charge < -0.3 is 20.0 Å². The zero-order valence-electron chi connectivity index (χ0n) is 19.4. The molecular weight excluding hydrogens is 447 g/mol. The van der Waals surface area contributed by atoms with Crippen LogP contribution in [0, 0.1) is 0 Å². The van der Waals surface area contributed by atoms with Gasteiger partial charge in [0.25, 0.3) is 0 Å². The molecule has 3 aliphatic rings. The van der Waals surface area contributed by atoms with Gasteiger partial charge in [-0.15, -0.1) is 0 Å². The zero-order valence-corrected chi connectivity index (χ0v) is 19.4. The van der Waals surface area contributed by atoms with E-state index in [1.807, 2.05) is 35.7 Å². The minimum atomic E-state index is -4.44. The number of alkyl halides is 3. The van der Waals surface area contributed by atoms with Crippen LogP contribution >= 0.6 is 0 Å². The van der Waals surface area contributed by atoms with Gasteiger partial charge in [-0.1, -0.05) is 0 Å². The van der Waals surface area contributed by atoms with Gasteiger partial charge in [-0.3, -0.25) is 4.79 Å². The molecule has 1 N–H and O–H groups in total. The summed E-state index contributed by atoms with van der Waals surface area (Å²) in [5, 5.41) is 3.47. The maximum absolute atomic E-state index is 12.8. The third-order valence-electron chi connectivity index (χ3n) is 7.27. The van der Waals surface area contributed by atoms with Gasteiger partial charge in [0.15, 0.2) is 5.82 Å². The molecule has 0 saturated heterocycles. The summed E-state index contributed by atoms with van der Waals surface area (Å²) in [7, 11) is 3.78. The predicted molar refractivity (Wildman–Crippen MR) is 123 cm³/mol. The van der Waals surface area contributed by atoms with E-state index in [9.17, 15) is 18.0 Å². The summed E-state index contributed by atoms with van der Waals surface area (Å²) < 4.78 is 38.4. The number of hydrogen-bond donors (Lipinski definition) is 1. The summed E-state index contributed by atoms with van der Waals surface area (Å²) in [6, 6.07) is 2.53. The van der Waals surface area contributed by atoms with Gasteiger partial charge >= 0.3 is 6.18 Å². The first-order chi connectivity index (χ1) is 16.1. The molecule has 0 aromatic carbocycles. The lowest BCUT2D eigenvalue weighted by Crippen LogP contribution is -2.53. The first-order valence-electron chi connectivity index (χ1n) is 11.6. The number of amides is 1. The molecule has 2 aliphatic heterocycles. The summed E-state index contributed by atoms with van der Waals surface area (Å²) in [4.78, 5) is 31.6. The molecule has 0 bridgehead atoms. The highest BCUT2D eigenvalue weighted by molar-refractivity contribution is 6.05. The second-order valence-electron chi connectivity index (χ2n) is 9.36. The van der Waals surface area contributed by atoms with Gasteiger partial charge in [0.2, 0.25) is 11.9 Å². The standard InChI is InChI=1S/C23H28F3N7O/c1-13-21(34)33-10-4-5-17-19(33)20(31(13)2)30-22(29-17)28-14-6-7-15(11-14)32(3)16-8-9-18(27-12-16)23(24,25)26/h8-9,12-15H,4-7,10-11H2,1-3H3,(H,28,29,30)/t13-,14+,15+/m0/s1. The van der Waals surface area contributed by atoms with E-state index < -0.39 is 11.9 Å². The van der Waals surface area contributed by atoms with Gasteiger partial charge in [-0.2, -0.15) is 18.2 Å². The number of aryl methyl sites for hydroxylation is 1. The minimum absolute atomic E-state index is 0.0830. The molecule has 1 saturated carbocycles. The van der Waals surface area contributed by atoms with Crippen molar-refractivity contribution in [3.05, 3.63) is 29.7 Å². The number of likely N-dealkylation sites (N-methyl/N-ethyl adjacent to an activating group) is 1. The third-order valence-corrected chi connectivity index (χ3v) is 7.27. The number of pyridine rings is 1. The molecule has 0 unspecified atom stereocenters. The number of carbonyl (C=O) groups excluding carboxylic acids is 1. The number of nitrogens with zero attached hydrogens (tertiary/aromatic N) is 6. The van der Waals surface area contributed by atoms with Gasteiger partial charge in [0, 0.05) is 32.7 Å². The number of anilines is 4. The summed E-state index contributed by atoms with van der Waals surface area (Å²) in [6.07, 6.45) is 1.13. The van der Waals surface area contributed by atoms with Crippen molar-refractivity contribution >= 4 is 29.0 Å². The Morgan fingerprint density at radius 2 is 2.00 bits per heavy atom. The van der Waals surface area contributed by atoms with E-state index >= 15 is 0 Å². The van der Waals surface area contributed by atoms with Gasteiger partial charge in [-0.05, 0) is 51.2 Å². The highest BCUT2D eigenvalue weighted by atomic mass is 19.4. The summed E-state index contributed by atoms with van der Waals surface area (Å²) >= 11 is 0. The van der Waals surface area contributed by atoms with Crippen molar-refractivity contribution < 1.29 is 18.0 Å². The van der Waals surface area contributed by atoms with Crippen molar-refractivity contribution in [1.29, 1.82) is 0 Å². The van der Waals surface area contributed by atoms with Crippen molar-refractivity contribution in [1.82, 2.24) is 15.0 Å². The van der Waals surface area contributed by atoms with E-state index in [0.717, 1.165) is 55.4 Å². The number of hydrogen-bond acceptors (Lipinski definition) is 7. The highest BCUT2D eigenvalue weighted by Crippen LogP contribution is 2.40. The minimum Gasteiger partial charge on any atom is -0.370 e. The lowest BCUT2D eigenvalue weighted by Gasteiger charge is -2.41. The first kappa shape index (κ1) is 22.7. The van der Waals surface area contributed by atoms with Crippen LogP contribution in [0.4, 0.5) is 36.3 Å². The summed E-state index contributed by atoms with van der Waals surface area (Å²) in [6.45, 7) is 2.59. The van der Waals surface area contributed by atoms with E-state index in [1.54, 1.807) is 0 Å². The van der Waals surface area contributed by atoms with Gasteiger partial charge in [0.1, 0.15) is 17.4 Å². The fourth-order valence-electron chi connectivity index (χ4n) is 5.16. The number of nitrogens with one attached hydrogen (secondary N) is 1. The second-order valence-corrected chi connectivity index (χ2v) is 9.36. The molecule has 1 amide bonds. The lowest BCUT2D eigenvalue weighted by molar-refractivity contribution is -0.141. The van der Waals surface area contributed by atoms with E-state index in [4.69, 9.17) is 9.97 Å². The van der Waals surface area contributed by atoms with Crippen molar-refractivity contribution in [2.24, 2.45) is 0 Å². The number of carbonyl (C=O) groups is 1. The van der Waals surface area contributed by atoms with Crippen LogP contribution in [-0.4, -0.2) is 59.6 Å². The Balaban J connectivity index is 1.30. The number of aromatic nitrogens is 3. The third kappa shape index (κ3) is 3.90. The molecule has 182 valence electrons. The quantitative estimate of drug-likeness (QED) is 0.726. The first-order valence-corrected chi connectivity index (χ1v) is 11.6. The monoisotopic (exact) mass is 475 g/mol. The van der Waals surface area contributed by atoms with Crippen LogP contribution < -0.4 is 20.0 Å². The Bertz CT molecular complexity index is 1090. The molecule has 11 heteroatoms. The van der Waals surface area contributed by atoms with Gasteiger partial charge in [0.05, 0.1) is 17.6 Å². The van der Waals surface area contributed by atoms with Crippen LogP contribution in [0.5, 0.6) is 0 Å². The average molecular weight is 476 g/mol. The molecule has 3 atom stereocenters. The molecule has 4 heterocycles. The average Bonchev–Trinajstić information content (AvgIpc) is 3.28. The van der Waals surface area contributed by atoms with E-state index in [2.05, 4.69) is 10.3 Å². The maximum atomic E-state index is 12.8. The van der Waals surface area contributed by atoms with Crippen molar-refractivity contribution in [2.75, 3.05) is 40.7 Å². The fourth-order valence-corrected chi connectivity index (χ4v) is 5.16. The molecule has 2 aromatic heterocycles. The van der Waals surface area contributed by atoms with E-state index in [1.165, 1.54) is 12.3 Å². The van der Waals surface area contributed by atoms with Gasteiger partial charge in [-0.25, -0.2) is 9.97 Å². The normalized spacial score (nSPS) is 24.3. The van der Waals surface area contributed by atoms with Crippen LogP contribution in [0.3, 0.4) is 0 Å². The molecule has 2 aromatic rings. The van der Waals surface area contributed by atoms with E-state index in [-0.39, 0.29) is 24.0 Å². The van der Waals surface area contributed by atoms with E-state index in [0.29, 0.717) is 18.2 Å². The molecule has 5 rings (SSSR count). The molecule has 1 fully saturated rings. The Morgan fingerprint density at radius 3 is 2.71 bits per heavy atom. The molecule has 34 heavy (non-hydrogen) atoms. The molecule has 8 nitrogen and oxygen atoms in total. The SMILES string of the molecule is C[C@H]1C(=O)N2CCCc3nc(N[C@@H]4CC[C@@H](N(C)c5ccc(C(F)(F)F)nc5)C4)nc(c32)N1C. The highest BCUT2D eigenvalue weighted by Gasteiger charge is 2.39. The lowest BCUT2D eigenvalue weighted by atomic mass is 10.0. The van der Waals surface area contributed by atoms with Crippen molar-refractivity contribution in [2.45, 2.75) is 63.3 Å². The molecule has 0 spiro atoms. The van der Waals surface area contributed by atoms with Crippen LogP contribution in [-0.2, 0) is 17.4 Å². The van der Waals surface area contributed by atoms with Crippen molar-refractivity contribution in [3.63, 3.8) is 0 Å². The largest absolute Gasteiger partial charge is 0.433 e. The molecule has 1 aliphatic carbocycles. The summed E-state index contributed by atoms with van der Waals surface area (Å²) in [5.41, 5.74) is 1.51. The van der Waals surface area contributed by atoms with Crippen LogP contribution in [0.2, 0.25) is 0 Å². The van der Waals surface area contributed by atoms with Crippen LogP contribution in [0.25, 0.3) is 0 Å². The Morgan fingerprint density at radius 1 is 1.21 bits per heavy atom. The molecule has 0 radical (unpaired) electrons. The smallest absolute Gasteiger partial charge is 0.370 e. The fraction of sp³-hybridized carbons (Fsp3) is 0.565. The number of rotatable bonds is 4. The summed E-state index contributed by atoms with van der Waals surface area (Å²) in [5.74, 6) is 1.43. The molecular formula is C23H28F3N7O. The topological polar surface area (TPSA) is 77.5 Å². The van der Waals surface area contributed by atoms with Crippen LogP contribution in [0.15, 0.2) is 18.3 Å². The number of halogens is 3.